The molecule has 1 amide bonds. The van der Waals surface area contributed by atoms with Gasteiger partial charge in [-0.2, -0.15) is 8.78 Å². The topological polar surface area (TPSA) is 126 Å². The molecule has 5 N–H and O–H groups in total. The van der Waals surface area contributed by atoms with Crippen molar-refractivity contribution < 1.29 is 36.2 Å². The zero-order valence-corrected chi connectivity index (χ0v) is 19.8. The zero-order valence-electron chi connectivity index (χ0n) is 19.8. The van der Waals surface area contributed by atoms with Gasteiger partial charge in [0.25, 0.3) is 5.91 Å². The minimum Gasteiger partial charge on any atom is -0.489 e. The Bertz CT molecular complexity index is 1260. The molecule has 4 rings (SSSR count). The van der Waals surface area contributed by atoms with Crippen LogP contribution < -0.4 is 26.3 Å². The van der Waals surface area contributed by atoms with Crippen LogP contribution in [0, 0.1) is 17.6 Å². The monoisotopic (exact) mass is 522 g/mol. The zero-order chi connectivity index (χ0) is 26.7. The molecule has 0 bridgehead atoms. The average Bonchev–Trinajstić information content (AvgIpc) is 3.56. The van der Waals surface area contributed by atoms with E-state index in [-0.39, 0.29) is 41.0 Å². The number of halogens is 4. The van der Waals surface area contributed by atoms with E-state index in [0.717, 1.165) is 18.9 Å². The fourth-order valence-electron chi connectivity index (χ4n) is 3.64. The SMILES string of the molecule is C[C@H](N)c1oc(-c2ccc(OC(F)F)c(OCC3CC3)c2)nc1C(=O)N[C@H](CN)c1ccc(F)cc1F. The minimum absolute atomic E-state index is 0.00427. The number of alkyl halides is 2. The third-order valence-electron chi connectivity index (χ3n) is 5.74. The Morgan fingerprint density at radius 3 is 2.57 bits per heavy atom. The Morgan fingerprint density at radius 2 is 1.95 bits per heavy atom. The van der Waals surface area contributed by atoms with Crippen molar-refractivity contribution in [2.45, 2.75) is 38.5 Å². The Labute approximate surface area is 209 Å². The summed E-state index contributed by atoms with van der Waals surface area (Å²) in [4.78, 5) is 17.4. The van der Waals surface area contributed by atoms with Gasteiger partial charge in [-0.1, -0.05) is 6.07 Å². The van der Waals surface area contributed by atoms with Crippen molar-refractivity contribution in [3.8, 4) is 23.0 Å². The molecule has 37 heavy (non-hydrogen) atoms. The molecule has 3 aromatic rings. The molecule has 1 aliphatic rings. The van der Waals surface area contributed by atoms with Crippen LogP contribution >= 0.6 is 0 Å². The maximum atomic E-state index is 14.3. The van der Waals surface area contributed by atoms with Crippen LogP contribution in [-0.4, -0.2) is 30.7 Å². The molecule has 0 unspecified atom stereocenters. The second-order valence-corrected chi connectivity index (χ2v) is 8.74. The fraction of sp³-hybridized carbons (Fsp3) is 0.360. The largest absolute Gasteiger partial charge is 0.489 e. The Hall–Kier alpha value is -3.64. The van der Waals surface area contributed by atoms with Gasteiger partial charge in [0.15, 0.2) is 23.0 Å². The maximum Gasteiger partial charge on any atom is 0.387 e. The van der Waals surface area contributed by atoms with Crippen molar-refractivity contribution in [3.63, 3.8) is 0 Å². The van der Waals surface area contributed by atoms with E-state index in [1.807, 2.05) is 0 Å². The summed E-state index contributed by atoms with van der Waals surface area (Å²) >= 11 is 0. The van der Waals surface area contributed by atoms with E-state index in [4.69, 9.17) is 20.6 Å². The van der Waals surface area contributed by atoms with Crippen LogP contribution in [-0.2, 0) is 0 Å². The van der Waals surface area contributed by atoms with Gasteiger partial charge in [-0.25, -0.2) is 13.8 Å². The first-order chi connectivity index (χ1) is 17.7. The summed E-state index contributed by atoms with van der Waals surface area (Å²) in [5, 5.41) is 2.57. The van der Waals surface area contributed by atoms with Crippen molar-refractivity contribution in [3.05, 3.63) is 65.1 Å². The van der Waals surface area contributed by atoms with E-state index in [0.29, 0.717) is 24.2 Å². The van der Waals surface area contributed by atoms with Gasteiger partial charge in [0.2, 0.25) is 5.89 Å². The number of nitrogens with zero attached hydrogens (tertiary/aromatic N) is 1. The smallest absolute Gasteiger partial charge is 0.387 e. The molecular formula is C25H26F4N4O4. The van der Waals surface area contributed by atoms with Gasteiger partial charge >= 0.3 is 6.61 Å². The van der Waals surface area contributed by atoms with Crippen LogP contribution in [0.4, 0.5) is 17.6 Å². The van der Waals surface area contributed by atoms with E-state index in [9.17, 15) is 22.4 Å². The third kappa shape index (κ3) is 6.38. The maximum absolute atomic E-state index is 14.3. The van der Waals surface area contributed by atoms with Crippen molar-refractivity contribution in [2.24, 2.45) is 17.4 Å². The van der Waals surface area contributed by atoms with Crippen molar-refractivity contribution in [1.82, 2.24) is 10.3 Å². The number of carbonyl (C=O) groups excluding carboxylic acids is 1. The average molecular weight is 522 g/mol. The van der Waals surface area contributed by atoms with Crippen LogP contribution in [0.2, 0.25) is 0 Å². The van der Waals surface area contributed by atoms with Crippen LogP contribution in [0.3, 0.4) is 0 Å². The predicted octanol–water partition coefficient (Wildman–Crippen LogP) is 4.46. The molecule has 12 heteroatoms. The molecule has 1 heterocycles. The highest BCUT2D eigenvalue weighted by molar-refractivity contribution is 5.94. The highest BCUT2D eigenvalue weighted by Crippen LogP contribution is 2.37. The molecule has 2 atom stereocenters. The van der Waals surface area contributed by atoms with Crippen LogP contribution in [0.1, 0.15) is 53.7 Å². The molecular weight excluding hydrogens is 496 g/mol. The molecule has 0 spiro atoms. The van der Waals surface area contributed by atoms with Crippen LogP contribution in [0.25, 0.3) is 11.5 Å². The Kier molecular flexibility index (Phi) is 7.98. The highest BCUT2D eigenvalue weighted by atomic mass is 19.3. The quantitative estimate of drug-likeness (QED) is 0.318. The molecule has 1 fully saturated rings. The van der Waals surface area contributed by atoms with Crippen LogP contribution in [0.15, 0.2) is 40.8 Å². The molecule has 2 aromatic carbocycles. The molecule has 8 nitrogen and oxygen atoms in total. The van der Waals surface area contributed by atoms with E-state index in [1.165, 1.54) is 24.3 Å². The molecule has 198 valence electrons. The van der Waals surface area contributed by atoms with Gasteiger partial charge in [-0.3, -0.25) is 4.79 Å². The lowest BCUT2D eigenvalue weighted by atomic mass is 10.1. The normalized spacial score (nSPS) is 14.9. The van der Waals surface area contributed by atoms with Gasteiger partial charge < -0.3 is 30.7 Å². The first-order valence-electron chi connectivity index (χ1n) is 11.6. The number of benzene rings is 2. The van der Waals surface area contributed by atoms with Gasteiger partial charge in [-0.15, -0.1) is 0 Å². The lowest BCUT2D eigenvalue weighted by Gasteiger charge is -2.17. The summed E-state index contributed by atoms with van der Waals surface area (Å²) in [6.07, 6.45) is 1.98. The lowest BCUT2D eigenvalue weighted by molar-refractivity contribution is -0.0515. The van der Waals surface area contributed by atoms with E-state index in [2.05, 4.69) is 15.0 Å². The minimum atomic E-state index is -3.04. The highest BCUT2D eigenvalue weighted by Gasteiger charge is 2.27. The lowest BCUT2D eigenvalue weighted by Crippen LogP contribution is -2.35. The predicted molar refractivity (Wildman–Crippen MR) is 125 cm³/mol. The molecule has 0 saturated heterocycles. The van der Waals surface area contributed by atoms with E-state index >= 15 is 0 Å². The van der Waals surface area contributed by atoms with Gasteiger partial charge in [0.1, 0.15) is 11.6 Å². The van der Waals surface area contributed by atoms with Gasteiger partial charge in [0, 0.05) is 23.7 Å². The van der Waals surface area contributed by atoms with Crippen molar-refractivity contribution in [1.29, 1.82) is 0 Å². The summed E-state index contributed by atoms with van der Waals surface area (Å²) < 4.78 is 69.3. The van der Waals surface area contributed by atoms with Crippen molar-refractivity contribution >= 4 is 5.91 Å². The van der Waals surface area contributed by atoms with Crippen molar-refractivity contribution in [2.75, 3.05) is 13.2 Å². The molecule has 1 saturated carbocycles. The second kappa shape index (κ2) is 11.2. The first kappa shape index (κ1) is 26.4. The summed E-state index contributed by atoms with van der Waals surface area (Å²) in [7, 11) is 0. The number of aromatic nitrogens is 1. The molecule has 0 radical (unpaired) electrons. The third-order valence-corrected chi connectivity index (χ3v) is 5.74. The molecule has 0 aliphatic heterocycles. The molecule has 1 aliphatic carbocycles. The summed E-state index contributed by atoms with van der Waals surface area (Å²) in [5.74, 6) is -2.08. The number of hydrogen-bond donors (Lipinski definition) is 3. The standard InChI is InChI=1S/C25H26F4N4O4/c1-12(31)22-21(23(34)32-18(10-30)16-6-5-15(26)9-17(16)27)33-24(37-22)14-4-7-19(36-25(28)29)20(8-14)35-11-13-2-3-13/h4-9,12-13,18,25H,2-3,10-11,30-31H2,1H3,(H,32,34)/t12-,18+/m0/s1. The summed E-state index contributed by atoms with van der Waals surface area (Å²) in [6.45, 7) is -1.31. The number of nitrogens with one attached hydrogen (secondary N) is 1. The summed E-state index contributed by atoms with van der Waals surface area (Å²) in [6, 6.07) is 5.34. The van der Waals surface area contributed by atoms with Gasteiger partial charge in [0.05, 0.1) is 18.7 Å². The number of oxazole rings is 1. The Balaban J connectivity index is 1.63. The number of hydrogen-bond acceptors (Lipinski definition) is 7. The van der Waals surface area contributed by atoms with Gasteiger partial charge in [-0.05, 0) is 49.9 Å². The number of nitrogens with two attached hydrogens (primary N) is 2. The van der Waals surface area contributed by atoms with E-state index in [1.54, 1.807) is 6.92 Å². The number of carbonyl (C=O) groups is 1. The second-order valence-electron chi connectivity index (χ2n) is 8.74. The number of amides is 1. The Morgan fingerprint density at radius 1 is 1.19 bits per heavy atom. The van der Waals surface area contributed by atoms with Crippen LogP contribution in [0.5, 0.6) is 11.5 Å². The first-order valence-corrected chi connectivity index (χ1v) is 11.6. The summed E-state index contributed by atoms with van der Waals surface area (Å²) in [5.41, 5.74) is 11.9. The van der Waals surface area contributed by atoms with E-state index < -0.39 is 36.2 Å². The number of ether oxygens (including phenoxy) is 2. The fourth-order valence-corrected chi connectivity index (χ4v) is 3.64. The number of rotatable bonds is 11. The molecule has 1 aromatic heterocycles.